The number of sulfonamides is 1. The molecule has 0 amide bonds. The lowest BCUT2D eigenvalue weighted by molar-refractivity contribution is 0.0564. The summed E-state index contributed by atoms with van der Waals surface area (Å²) in [5.74, 6) is 0.180. The van der Waals surface area contributed by atoms with E-state index in [1.807, 2.05) is 12.1 Å². The van der Waals surface area contributed by atoms with Gasteiger partial charge in [0.25, 0.3) is 0 Å². The van der Waals surface area contributed by atoms with E-state index >= 15 is 0 Å². The first-order valence-corrected chi connectivity index (χ1v) is 9.03. The van der Waals surface area contributed by atoms with E-state index in [0.717, 1.165) is 18.4 Å². The maximum absolute atomic E-state index is 12.7. The second kappa shape index (κ2) is 6.77. The second-order valence-electron chi connectivity index (χ2n) is 5.68. The first kappa shape index (κ1) is 16.1. The van der Waals surface area contributed by atoms with Crippen molar-refractivity contribution in [3.8, 4) is 0 Å². The summed E-state index contributed by atoms with van der Waals surface area (Å²) in [6, 6.07) is 3.40. The number of aryl methyl sites for hydroxylation is 1. The van der Waals surface area contributed by atoms with Crippen molar-refractivity contribution < 1.29 is 13.2 Å². The highest BCUT2D eigenvalue weighted by Crippen LogP contribution is 2.31. The third kappa shape index (κ3) is 3.77. The highest BCUT2D eigenvalue weighted by Gasteiger charge is 2.30. The van der Waals surface area contributed by atoms with Gasteiger partial charge in [0.15, 0.2) is 0 Å². The molecule has 1 N–H and O–H groups in total. The predicted molar refractivity (Wildman–Crippen MR) is 84.1 cm³/mol. The summed E-state index contributed by atoms with van der Waals surface area (Å²) < 4.78 is 35.0. The molecule has 7 nitrogen and oxygen atoms in total. The van der Waals surface area contributed by atoms with E-state index in [-0.39, 0.29) is 16.9 Å². The van der Waals surface area contributed by atoms with Crippen molar-refractivity contribution >= 4 is 10.0 Å². The van der Waals surface area contributed by atoms with Crippen LogP contribution in [-0.4, -0.2) is 36.4 Å². The molecule has 2 aromatic heterocycles. The normalized spacial score (nSPS) is 18.0. The highest BCUT2D eigenvalue weighted by atomic mass is 32.2. The largest absolute Gasteiger partial charge is 0.381 e. The summed E-state index contributed by atoms with van der Waals surface area (Å²) in [7, 11) is -1.95. The van der Waals surface area contributed by atoms with Crippen LogP contribution in [0.2, 0.25) is 0 Å². The van der Waals surface area contributed by atoms with Crippen LogP contribution in [0.1, 0.15) is 24.4 Å². The number of rotatable bonds is 5. The van der Waals surface area contributed by atoms with E-state index < -0.39 is 10.0 Å². The van der Waals surface area contributed by atoms with Crippen LogP contribution in [-0.2, 0) is 21.8 Å². The minimum atomic E-state index is -3.64. The van der Waals surface area contributed by atoms with Gasteiger partial charge in [-0.05, 0) is 30.4 Å². The number of hydrogen-bond acceptors (Lipinski definition) is 5. The standard InChI is InChI=1S/C15H20N4O3S/c1-19-11-14(10-17-19)23(20,21)18-15(12-4-7-22-8-5-12)13-3-2-6-16-9-13/h2-3,6,9-12,15,18H,4-5,7-8H2,1H3/t15-/m0/s1. The number of nitrogens with one attached hydrogen (secondary N) is 1. The molecule has 0 radical (unpaired) electrons. The maximum Gasteiger partial charge on any atom is 0.244 e. The molecule has 1 aliphatic rings. The topological polar surface area (TPSA) is 86.1 Å². The van der Waals surface area contributed by atoms with Crippen LogP contribution in [0.3, 0.4) is 0 Å². The minimum Gasteiger partial charge on any atom is -0.381 e. The Morgan fingerprint density at radius 3 is 2.74 bits per heavy atom. The third-order valence-corrected chi connectivity index (χ3v) is 5.45. The van der Waals surface area contributed by atoms with Gasteiger partial charge in [0, 0.05) is 38.9 Å². The van der Waals surface area contributed by atoms with Gasteiger partial charge in [-0.3, -0.25) is 9.67 Å². The molecule has 0 unspecified atom stereocenters. The van der Waals surface area contributed by atoms with Crippen LogP contribution in [0.15, 0.2) is 41.8 Å². The van der Waals surface area contributed by atoms with Gasteiger partial charge >= 0.3 is 0 Å². The van der Waals surface area contributed by atoms with Crippen molar-refractivity contribution in [1.29, 1.82) is 0 Å². The summed E-state index contributed by atoms with van der Waals surface area (Å²) in [6.07, 6.45) is 7.87. The number of aromatic nitrogens is 3. The highest BCUT2D eigenvalue weighted by molar-refractivity contribution is 7.89. The fourth-order valence-electron chi connectivity index (χ4n) is 2.82. The lowest BCUT2D eigenvalue weighted by atomic mass is 9.88. The van der Waals surface area contributed by atoms with Gasteiger partial charge in [-0.2, -0.15) is 5.10 Å². The molecule has 2 aromatic rings. The molecule has 3 heterocycles. The van der Waals surface area contributed by atoms with E-state index in [9.17, 15) is 8.42 Å². The van der Waals surface area contributed by atoms with Crippen molar-refractivity contribution in [2.75, 3.05) is 13.2 Å². The zero-order valence-electron chi connectivity index (χ0n) is 12.9. The lowest BCUT2D eigenvalue weighted by Gasteiger charge is -2.30. The Morgan fingerprint density at radius 2 is 2.13 bits per heavy atom. The average Bonchev–Trinajstić information content (AvgIpc) is 3.02. The molecular weight excluding hydrogens is 316 g/mol. The van der Waals surface area contributed by atoms with Gasteiger partial charge in [0.05, 0.1) is 12.2 Å². The minimum absolute atomic E-state index is 0.168. The third-order valence-electron chi connectivity index (χ3n) is 4.05. The molecule has 0 bridgehead atoms. The number of ether oxygens (including phenoxy) is 1. The SMILES string of the molecule is Cn1cc(S(=O)(=O)N[C@H](c2cccnc2)C2CCOCC2)cn1. The van der Waals surface area contributed by atoms with Crippen molar-refractivity contribution in [2.45, 2.75) is 23.8 Å². The van der Waals surface area contributed by atoms with Crippen molar-refractivity contribution in [3.05, 3.63) is 42.5 Å². The molecule has 0 aromatic carbocycles. The summed E-state index contributed by atoms with van der Waals surface area (Å²) in [5.41, 5.74) is 0.867. The molecule has 1 atom stereocenters. The Labute approximate surface area is 135 Å². The fourth-order valence-corrected chi connectivity index (χ4v) is 4.09. The van der Waals surface area contributed by atoms with Gasteiger partial charge in [0.2, 0.25) is 10.0 Å². The predicted octanol–water partition coefficient (Wildman–Crippen LogP) is 1.26. The molecule has 1 aliphatic heterocycles. The lowest BCUT2D eigenvalue weighted by Crippen LogP contribution is -2.36. The van der Waals surface area contributed by atoms with Gasteiger partial charge < -0.3 is 4.74 Å². The van der Waals surface area contributed by atoms with E-state index in [1.165, 1.54) is 17.1 Å². The van der Waals surface area contributed by atoms with Crippen molar-refractivity contribution in [3.63, 3.8) is 0 Å². The Balaban J connectivity index is 1.89. The van der Waals surface area contributed by atoms with Crippen LogP contribution < -0.4 is 4.72 Å². The molecule has 23 heavy (non-hydrogen) atoms. The zero-order valence-corrected chi connectivity index (χ0v) is 13.7. The maximum atomic E-state index is 12.7. The van der Waals surface area contributed by atoms with Crippen molar-refractivity contribution in [1.82, 2.24) is 19.5 Å². The molecule has 1 fully saturated rings. The Bertz CT molecular complexity index is 739. The molecule has 1 saturated heterocycles. The molecule has 0 spiro atoms. The number of hydrogen-bond donors (Lipinski definition) is 1. The smallest absolute Gasteiger partial charge is 0.244 e. The molecule has 8 heteroatoms. The average molecular weight is 336 g/mol. The van der Waals surface area contributed by atoms with Crippen LogP contribution in [0.4, 0.5) is 0 Å². The molecule has 0 saturated carbocycles. The monoisotopic (exact) mass is 336 g/mol. The summed E-state index contributed by atoms with van der Waals surface area (Å²) in [5, 5.41) is 3.94. The number of nitrogens with zero attached hydrogens (tertiary/aromatic N) is 3. The first-order valence-electron chi connectivity index (χ1n) is 7.55. The zero-order chi connectivity index (χ0) is 16.3. The van der Waals surface area contributed by atoms with Gasteiger partial charge in [-0.1, -0.05) is 6.07 Å². The summed E-state index contributed by atoms with van der Waals surface area (Å²) >= 11 is 0. The quantitative estimate of drug-likeness (QED) is 0.888. The molecule has 3 rings (SSSR count). The Hall–Kier alpha value is -1.77. The van der Waals surface area contributed by atoms with E-state index in [1.54, 1.807) is 19.4 Å². The van der Waals surface area contributed by atoms with E-state index in [0.29, 0.717) is 13.2 Å². The first-order chi connectivity index (χ1) is 11.1. The Morgan fingerprint density at radius 1 is 1.35 bits per heavy atom. The van der Waals surface area contributed by atoms with Crippen LogP contribution in [0.25, 0.3) is 0 Å². The number of pyridine rings is 1. The van der Waals surface area contributed by atoms with Gasteiger partial charge in [-0.25, -0.2) is 13.1 Å². The second-order valence-corrected chi connectivity index (χ2v) is 7.40. The van der Waals surface area contributed by atoms with Crippen LogP contribution in [0.5, 0.6) is 0 Å². The van der Waals surface area contributed by atoms with E-state index in [2.05, 4.69) is 14.8 Å². The van der Waals surface area contributed by atoms with Crippen LogP contribution >= 0.6 is 0 Å². The summed E-state index contributed by atoms with van der Waals surface area (Å²) in [4.78, 5) is 4.29. The Kier molecular flexibility index (Phi) is 4.74. The van der Waals surface area contributed by atoms with Crippen molar-refractivity contribution in [2.24, 2.45) is 13.0 Å². The fraction of sp³-hybridized carbons (Fsp3) is 0.467. The van der Waals surface area contributed by atoms with Gasteiger partial charge in [-0.15, -0.1) is 0 Å². The molecule has 0 aliphatic carbocycles. The molecule has 124 valence electrons. The molecular formula is C15H20N4O3S. The summed E-state index contributed by atoms with van der Waals surface area (Å²) in [6.45, 7) is 1.30. The van der Waals surface area contributed by atoms with Gasteiger partial charge in [0.1, 0.15) is 4.90 Å². The van der Waals surface area contributed by atoms with Crippen LogP contribution in [0, 0.1) is 5.92 Å². The van der Waals surface area contributed by atoms with E-state index in [4.69, 9.17) is 4.74 Å².